The van der Waals surface area contributed by atoms with Crippen LogP contribution in [0.5, 0.6) is 11.5 Å². The Balaban J connectivity index is 1.51. The van der Waals surface area contributed by atoms with Gasteiger partial charge >= 0.3 is 0 Å². The summed E-state index contributed by atoms with van der Waals surface area (Å²) in [7, 11) is 0. The number of benzene rings is 3. The normalized spacial score (nSPS) is 14.7. The number of hydrogen-bond donors (Lipinski definition) is 1. The van der Waals surface area contributed by atoms with Gasteiger partial charge in [0.2, 0.25) is 0 Å². The molecule has 0 radical (unpaired) electrons. The molecule has 4 heteroatoms. The summed E-state index contributed by atoms with van der Waals surface area (Å²) in [5.41, 5.74) is 4.14. The molecule has 4 rings (SSSR count). The second-order valence-corrected chi connectivity index (χ2v) is 7.83. The van der Waals surface area contributed by atoms with Gasteiger partial charge in [-0.15, -0.1) is 0 Å². The molecule has 0 aromatic heterocycles. The Morgan fingerprint density at radius 2 is 1.43 bits per heavy atom. The lowest BCUT2D eigenvalue weighted by Crippen LogP contribution is -2.13. The van der Waals surface area contributed by atoms with Crippen LogP contribution in [0.15, 0.2) is 77.8 Å². The van der Waals surface area contributed by atoms with Gasteiger partial charge in [0, 0.05) is 5.56 Å². The molecule has 0 saturated heterocycles. The summed E-state index contributed by atoms with van der Waals surface area (Å²) >= 11 is 0. The zero-order valence-corrected chi connectivity index (χ0v) is 16.2. The molecular formula is C24H22N2O2. The number of fused-ring (bicyclic) bond motifs is 1. The van der Waals surface area contributed by atoms with Crippen LogP contribution >= 0.6 is 0 Å². The maximum Gasteiger partial charge on any atom is 0.275 e. The largest absolute Gasteiger partial charge is 0.457 e. The van der Waals surface area contributed by atoms with Gasteiger partial charge in [0.15, 0.2) is 0 Å². The van der Waals surface area contributed by atoms with Crippen molar-refractivity contribution in [3.05, 3.63) is 83.9 Å². The van der Waals surface area contributed by atoms with E-state index in [1.807, 2.05) is 60.7 Å². The lowest BCUT2D eigenvalue weighted by atomic mass is 9.87. The molecule has 3 aromatic rings. The number of aliphatic imine (C=N–C) groups is 1. The van der Waals surface area contributed by atoms with Crippen molar-refractivity contribution in [3.8, 4) is 11.5 Å². The number of para-hydroxylation sites is 1. The predicted molar refractivity (Wildman–Crippen MR) is 113 cm³/mol. The number of amides is 1. The summed E-state index contributed by atoms with van der Waals surface area (Å²) in [6.07, 6.45) is 0. The van der Waals surface area contributed by atoms with Crippen LogP contribution in [0.2, 0.25) is 0 Å². The summed E-state index contributed by atoms with van der Waals surface area (Å²) in [6.45, 7) is 6.56. The minimum absolute atomic E-state index is 0.116. The van der Waals surface area contributed by atoms with Crippen LogP contribution in [-0.4, -0.2) is 11.6 Å². The molecule has 0 saturated carbocycles. The van der Waals surface area contributed by atoms with Crippen molar-refractivity contribution in [1.82, 2.24) is 0 Å². The van der Waals surface area contributed by atoms with Gasteiger partial charge in [-0.3, -0.25) is 4.79 Å². The fraction of sp³-hybridized carbons (Fsp3) is 0.167. The van der Waals surface area contributed by atoms with Crippen LogP contribution in [0.25, 0.3) is 0 Å². The highest BCUT2D eigenvalue weighted by molar-refractivity contribution is 6.54. The molecule has 1 heterocycles. The van der Waals surface area contributed by atoms with Gasteiger partial charge < -0.3 is 10.1 Å². The van der Waals surface area contributed by atoms with Crippen molar-refractivity contribution in [2.24, 2.45) is 4.99 Å². The molecule has 3 aromatic carbocycles. The fourth-order valence-corrected chi connectivity index (χ4v) is 3.09. The Bertz CT molecular complexity index is 1040. The van der Waals surface area contributed by atoms with Gasteiger partial charge in [-0.2, -0.15) is 0 Å². The highest BCUT2D eigenvalue weighted by Crippen LogP contribution is 2.29. The van der Waals surface area contributed by atoms with Crippen molar-refractivity contribution in [1.29, 1.82) is 0 Å². The lowest BCUT2D eigenvalue weighted by molar-refractivity contribution is -0.110. The van der Waals surface area contributed by atoms with E-state index in [4.69, 9.17) is 4.74 Å². The quantitative estimate of drug-likeness (QED) is 0.629. The summed E-state index contributed by atoms with van der Waals surface area (Å²) in [5, 5.41) is 2.83. The molecule has 4 nitrogen and oxygen atoms in total. The molecular weight excluding hydrogens is 348 g/mol. The lowest BCUT2D eigenvalue weighted by Gasteiger charge is -2.19. The number of anilines is 1. The van der Waals surface area contributed by atoms with Crippen molar-refractivity contribution < 1.29 is 9.53 Å². The maximum atomic E-state index is 12.2. The van der Waals surface area contributed by atoms with Crippen LogP contribution in [0.4, 0.5) is 11.4 Å². The molecule has 0 aliphatic carbocycles. The Morgan fingerprint density at radius 3 is 2.07 bits per heavy atom. The number of carbonyl (C=O) groups is 1. The van der Waals surface area contributed by atoms with Crippen molar-refractivity contribution >= 4 is 23.0 Å². The number of nitrogens with zero attached hydrogens (tertiary/aromatic N) is 1. The third kappa shape index (κ3) is 3.67. The number of nitrogens with one attached hydrogen (secondary N) is 1. The zero-order valence-electron chi connectivity index (χ0n) is 16.2. The van der Waals surface area contributed by atoms with E-state index in [2.05, 4.69) is 43.2 Å². The van der Waals surface area contributed by atoms with E-state index in [-0.39, 0.29) is 11.3 Å². The first-order valence-electron chi connectivity index (χ1n) is 9.28. The van der Waals surface area contributed by atoms with Gasteiger partial charge in [0.1, 0.15) is 17.2 Å². The first-order chi connectivity index (χ1) is 13.4. The number of ether oxygens (including phenoxy) is 1. The van der Waals surface area contributed by atoms with Gasteiger partial charge in [0.25, 0.3) is 5.91 Å². The van der Waals surface area contributed by atoms with E-state index in [0.29, 0.717) is 11.4 Å². The zero-order chi connectivity index (χ0) is 19.7. The van der Waals surface area contributed by atoms with Gasteiger partial charge in [-0.05, 0) is 53.4 Å². The van der Waals surface area contributed by atoms with Crippen molar-refractivity contribution in [3.63, 3.8) is 0 Å². The molecule has 1 aliphatic heterocycles. The third-order valence-electron chi connectivity index (χ3n) is 4.68. The molecule has 1 aliphatic rings. The Hall–Kier alpha value is -3.40. The standard InChI is InChI=1S/C24H22N2O2/c1-24(2,3)16-8-12-18(13-9-16)28-19-14-10-17(11-15-19)25-22-20-6-4-5-7-21(20)26-23(22)27/h4-15H,1-3H3,(H,25,26,27). The first kappa shape index (κ1) is 18.0. The predicted octanol–water partition coefficient (Wildman–Crippen LogP) is 5.85. The topological polar surface area (TPSA) is 50.7 Å². The highest BCUT2D eigenvalue weighted by atomic mass is 16.5. The van der Waals surface area contributed by atoms with Crippen LogP contribution < -0.4 is 10.1 Å². The van der Waals surface area contributed by atoms with E-state index in [1.54, 1.807) is 0 Å². The van der Waals surface area contributed by atoms with Crippen LogP contribution in [0, 0.1) is 0 Å². The molecule has 0 spiro atoms. The number of rotatable bonds is 3. The van der Waals surface area contributed by atoms with Crippen molar-refractivity contribution in [2.75, 3.05) is 5.32 Å². The Morgan fingerprint density at radius 1 is 0.821 bits per heavy atom. The second kappa shape index (κ2) is 6.97. The number of hydrogen-bond acceptors (Lipinski definition) is 3. The molecule has 0 atom stereocenters. The minimum Gasteiger partial charge on any atom is -0.457 e. The minimum atomic E-state index is -0.180. The second-order valence-electron chi connectivity index (χ2n) is 7.83. The Labute approximate surface area is 164 Å². The summed E-state index contributed by atoms with van der Waals surface area (Å²) in [6, 6.07) is 23.1. The van der Waals surface area contributed by atoms with Gasteiger partial charge in [0.05, 0.1) is 11.4 Å². The highest BCUT2D eigenvalue weighted by Gasteiger charge is 2.25. The molecule has 0 bridgehead atoms. The van der Waals surface area contributed by atoms with E-state index in [0.717, 1.165) is 22.7 Å². The fourth-order valence-electron chi connectivity index (χ4n) is 3.09. The molecule has 1 N–H and O–H groups in total. The smallest absolute Gasteiger partial charge is 0.275 e. The third-order valence-corrected chi connectivity index (χ3v) is 4.68. The summed E-state index contributed by atoms with van der Waals surface area (Å²) in [4.78, 5) is 16.7. The molecule has 28 heavy (non-hydrogen) atoms. The van der Waals surface area contributed by atoms with Crippen LogP contribution in [-0.2, 0) is 10.2 Å². The van der Waals surface area contributed by atoms with Crippen LogP contribution in [0.3, 0.4) is 0 Å². The van der Waals surface area contributed by atoms with Gasteiger partial charge in [-0.25, -0.2) is 4.99 Å². The molecule has 0 fully saturated rings. The molecule has 140 valence electrons. The van der Waals surface area contributed by atoms with E-state index in [1.165, 1.54) is 5.56 Å². The average Bonchev–Trinajstić information content (AvgIpc) is 2.98. The summed E-state index contributed by atoms with van der Waals surface area (Å²) in [5.74, 6) is 1.33. The van der Waals surface area contributed by atoms with E-state index >= 15 is 0 Å². The summed E-state index contributed by atoms with van der Waals surface area (Å²) < 4.78 is 5.92. The molecule has 0 unspecified atom stereocenters. The molecule has 1 amide bonds. The first-order valence-corrected chi connectivity index (χ1v) is 9.28. The average molecular weight is 370 g/mol. The monoisotopic (exact) mass is 370 g/mol. The SMILES string of the molecule is CC(C)(C)c1ccc(Oc2ccc(N=C3C(=O)Nc4ccccc43)cc2)cc1. The van der Waals surface area contributed by atoms with E-state index in [9.17, 15) is 4.79 Å². The Kier molecular flexibility index (Phi) is 4.47. The number of carbonyl (C=O) groups excluding carboxylic acids is 1. The maximum absolute atomic E-state index is 12.2. The van der Waals surface area contributed by atoms with Crippen LogP contribution in [0.1, 0.15) is 31.9 Å². The van der Waals surface area contributed by atoms with E-state index < -0.39 is 0 Å². The van der Waals surface area contributed by atoms with Crippen molar-refractivity contribution in [2.45, 2.75) is 26.2 Å². The van der Waals surface area contributed by atoms with Gasteiger partial charge in [-0.1, -0.05) is 51.1 Å².